The number of aliphatic hydroxyl groups excluding tert-OH is 1. The molecule has 0 fully saturated rings. The molecule has 1 aromatic heterocycles. The van der Waals surface area contributed by atoms with Gasteiger partial charge in [-0.1, -0.05) is 6.07 Å². The zero-order valence-corrected chi connectivity index (χ0v) is 10.9. The van der Waals surface area contributed by atoms with E-state index < -0.39 is 0 Å². The quantitative estimate of drug-likeness (QED) is 0.899. The molecular weight excluding hydrogens is 226 g/mol. The van der Waals surface area contributed by atoms with Crippen LogP contribution in [0, 0.1) is 20.8 Å². The lowest BCUT2D eigenvalue weighted by Crippen LogP contribution is -1.96. The van der Waals surface area contributed by atoms with E-state index in [2.05, 4.69) is 18.0 Å². The summed E-state index contributed by atoms with van der Waals surface area (Å²) in [5.41, 5.74) is 4.16. The van der Waals surface area contributed by atoms with Crippen molar-refractivity contribution < 1.29 is 9.84 Å². The Balaban J connectivity index is 2.40. The van der Waals surface area contributed by atoms with Gasteiger partial charge in [-0.15, -0.1) is 0 Å². The number of aliphatic hydroxyl groups is 1. The molecule has 0 unspecified atom stereocenters. The molecule has 0 spiro atoms. The van der Waals surface area contributed by atoms with Crippen molar-refractivity contribution in [3.8, 4) is 11.5 Å². The average Bonchev–Trinajstić information content (AvgIpc) is 2.36. The molecule has 0 aliphatic heterocycles. The monoisotopic (exact) mass is 243 g/mol. The first-order valence-corrected chi connectivity index (χ1v) is 5.91. The summed E-state index contributed by atoms with van der Waals surface area (Å²) in [5, 5.41) is 9.25. The van der Waals surface area contributed by atoms with Crippen LogP contribution in [0.15, 0.2) is 30.6 Å². The van der Waals surface area contributed by atoms with Crippen LogP contribution in [0.1, 0.15) is 22.3 Å². The van der Waals surface area contributed by atoms with E-state index in [0.29, 0.717) is 11.3 Å². The summed E-state index contributed by atoms with van der Waals surface area (Å²) in [6.07, 6.45) is 3.28. The Hall–Kier alpha value is -1.87. The highest BCUT2D eigenvalue weighted by molar-refractivity contribution is 5.45. The van der Waals surface area contributed by atoms with Crippen LogP contribution in [-0.2, 0) is 6.61 Å². The lowest BCUT2D eigenvalue weighted by atomic mass is 10.1. The SMILES string of the molecule is Cc1cc(C)c(C)c(Oc2ccncc2CO)c1. The highest BCUT2D eigenvalue weighted by atomic mass is 16.5. The molecule has 1 N–H and O–H groups in total. The second kappa shape index (κ2) is 5.19. The molecule has 2 aromatic rings. The van der Waals surface area contributed by atoms with E-state index in [0.717, 1.165) is 16.9 Å². The van der Waals surface area contributed by atoms with E-state index in [4.69, 9.17) is 4.74 Å². The van der Waals surface area contributed by atoms with Gasteiger partial charge in [-0.3, -0.25) is 4.98 Å². The number of nitrogens with zero attached hydrogens (tertiary/aromatic N) is 1. The van der Waals surface area contributed by atoms with Crippen molar-refractivity contribution in [2.24, 2.45) is 0 Å². The molecule has 18 heavy (non-hydrogen) atoms. The van der Waals surface area contributed by atoms with Crippen LogP contribution < -0.4 is 4.74 Å². The summed E-state index contributed by atoms with van der Waals surface area (Å²) < 4.78 is 5.89. The van der Waals surface area contributed by atoms with Gasteiger partial charge < -0.3 is 9.84 Å². The Bertz CT molecular complexity index is 564. The molecule has 1 aromatic carbocycles. The van der Waals surface area contributed by atoms with E-state index in [1.54, 1.807) is 18.5 Å². The summed E-state index contributed by atoms with van der Waals surface area (Å²) in [5.74, 6) is 1.48. The van der Waals surface area contributed by atoms with E-state index in [9.17, 15) is 5.11 Å². The minimum atomic E-state index is -0.0764. The molecule has 0 radical (unpaired) electrons. The normalized spacial score (nSPS) is 10.4. The van der Waals surface area contributed by atoms with Crippen molar-refractivity contribution in [1.82, 2.24) is 4.98 Å². The van der Waals surface area contributed by atoms with Crippen LogP contribution in [0.2, 0.25) is 0 Å². The van der Waals surface area contributed by atoms with Crippen molar-refractivity contribution in [3.05, 3.63) is 52.8 Å². The first-order valence-electron chi connectivity index (χ1n) is 5.91. The summed E-state index contributed by atoms with van der Waals surface area (Å²) in [7, 11) is 0. The third-order valence-electron chi connectivity index (χ3n) is 3.01. The molecule has 0 aliphatic rings. The zero-order chi connectivity index (χ0) is 13.1. The third-order valence-corrected chi connectivity index (χ3v) is 3.01. The second-order valence-electron chi connectivity index (χ2n) is 4.45. The first kappa shape index (κ1) is 12.6. The molecule has 0 amide bonds. The van der Waals surface area contributed by atoms with Gasteiger partial charge >= 0.3 is 0 Å². The van der Waals surface area contributed by atoms with Crippen molar-refractivity contribution >= 4 is 0 Å². The Morgan fingerprint density at radius 3 is 2.67 bits per heavy atom. The fourth-order valence-corrected chi connectivity index (χ4v) is 1.86. The largest absolute Gasteiger partial charge is 0.457 e. The van der Waals surface area contributed by atoms with Crippen LogP contribution in [0.3, 0.4) is 0 Å². The van der Waals surface area contributed by atoms with Gasteiger partial charge in [0.15, 0.2) is 0 Å². The Morgan fingerprint density at radius 2 is 1.94 bits per heavy atom. The van der Waals surface area contributed by atoms with Gasteiger partial charge in [-0.25, -0.2) is 0 Å². The van der Waals surface area contributed by atoms with Crippen LogP contribution in [0.5, 0.6) is 11.5 Å². The molecule has 94 valence electrons. The fraction of sp³-hybridized carbons (Fsp3) is 0.267. The molecule has 0 saturated carbocycles. The van der Waals surface area contributed by atoms with Gasteiger partial charge in [0.2, 0.25) is 0 Å². The summed E-state index contributed by atoms with van der Waals surface area (Å²) >= 11 is 0. The van der Waals surface area contributed by atoms with Gasteiger partial charge in [0.05, 0.1) is 6.61 Å². The maximum absolute atomic E-state index is 9.25. The van der Waals surface area contributed by atoms with Gasteiger partial charge in [0.1, 0.15) is 11.5 Å². The topological polar surface area (TPSA) is 42.4 Å². The van der Waals surface area contributed by atoms with Gasteiger partial charge in [0.25, 0.3) is 0 Å². The van der Waals surface area contributed by atoms with Crippen molar-refractivity contribution in [1.29, 1.82) is 0 Å². The highest BCUT2D eigenvalue weighted by Crippen LogP contribution is 2.30. The predicted molar refractivity (Wildman–Crippen MR) is 70.9 cm³/mol. The standard InChI is InChI=1S/C15H17NO2/c1-10-6-11(2)12(3)15(7-10)18-14-4-5-16-8-13(14)9-17/h4-8,17H,9H2,1-3H3. The summed E-state index contributed by atoms with van der Waals surface area (Å²) in [6.45, 7) is 6.06. The molecule has 0 saturated heterocycles. The molecule has 1 heterocycles. The molecular formula is C15H17NO2. The molecule has 3 nitrogen and oxygen atoms in total. The van der Waals surface area contributed by atoms with Crippen LogP contribution in [0.4, 0.5) is 0 Å². The zero-order valence-electron chi connectivity index (χ0n) is 10.9. The van der Waals surface area contributed by atoms with Crippen LogP contribution in [-0.4, -0.2) is 10.1 Å². The molecule has 2 rings (SSSR count). The van der Waals surface area contributed by atoms with Crippen molar-refractivity contribution in [2.75, 3.05) is 0 Å². The maximum Gasteiger partial charge on any atom is 0.136 e. The Morgan fingerprint density at radius 1 is 1.17 bits per heavy atom. The summed E-state index contributed by atoms with van der Waals surface area (Å²) in [4.78, 5) is 3.98. The predicted octanol–water partition coefficient (Wildman–Crippen LogP) is 3.29. The smallest absolute Gasteiger partial charge is 0.136 e. The molecule has 0 bridgehead atoms. The number of pyridine rings is 1. The second-order valence-corrected chi connectivity index (χ2v) is 4.45. The lowest BCUT2D eigenvalue weighted by molar-refractivity contribution is 0.276. The van der Waals surface area contributed by atoms with Crippen molar-refractivity contribution in [3.63, 3.8) is 0 Å². The number of hydrogen-bond donors (Lipinski definition) is 1. The maximum atomic E-state index is 9.25. The van der Waals surface area contributed by atoms with Crippen LogP contribution in [0.25, 0.3) is 0 Å². The highest BCUT2D eigenvalue weighted by Gasteiger charge is 2.08. The minimum absolute atomic E-state index is 0.0764. The number of benzene rings is 1. The summed E-state index contributed by atoms with van der Waals surface area (Å²) in [6, 6.07) is 5.90. The Kier molecular flexibility index (Phi) is 3.63. The third kappa shape index (κ3) is 2.51. The lowest BCUT2D eigenvalue weighted by Gasteiger charge is -2.13. The number of hydrogen-bond acceptors (Lipinski definition) is 3. The van der Waals surface area contributed by atoms with Gasteiger partial charge in [-0.05, 0) is 49.6 Å². The molecule has 0 aliphatic carbocycles. The first-order chi connectivity index (χ1) is 8.61. The van der Waals surface area contributed by atoms with E-state index in [-0.39, 0.29) is 6.61 Å². The van der Waals surface area contributed by atoms with Gasteiger partial charge in [-0.2, -0.15) is 0 Å². The molecule has 0 atom stereocenters. The minimum Gasteiger partial charge on any atom is -0.457 e. The number of aryl methyl sites for hydroxylation is 2. The Labute approximate surface area is 107 Å². The fourth-order valence-electron chi connectivity index (χ4n) is 1.86. The number of ether oxygens (including phenoxy) is 1. The van der Waals surface area contributed by atoms with Crippen molar-refractivity contribution in [2.45, 2.75) is 27.4 Å². The number of rotatable bonds is 3. The van der Waals surface area contributed by atoms with E-state index in [1.165, 1.54) is 5.56 Å². The van der Waals surface area contributed by atoms with E-state index >= 15 is 0 Å². The van der Waals surface area contributed by atoms with E-state index in [1.807, 2.05) is 19.9 Å². The molecule has 3 heteroatoms. The number of aromatic nitrogens is 1. The van der Waals surface area contributed by atoms with Crippen LogP contribution >= 0.6 is 0 Å². The average molecular weight is 243 g/mol. The van der Waals surface area contributed by atoms with Gasteiger partial charge in [0, 0.05) is 18.0 Å².